The van der Waals surface area contributed by atoms with E-state index < -0.39 is 11.6 Å². The second-order valence-electron chi connectivity index (χ2n) is 15.2. The van der Waals surface area contributed by atoms with Crippen molar-refractivity contribution in [3.05, 3.63) is 35.4 Å². The van der Waals surface area contributed by atoms with E-state index in [1.165, 1.54) is 6.42 Å². The Morgan fingerprint density at radius 1 is 0.935 bits per heavy atom. The number of thioether (sulfide) groups is 1. The summed E-state index contributed by atoms with van der Waals surface area (Å²) < 4.78 is 6.80. The van der Waals surface area contributed by atoms with E-state index in [2.05, 4.69) is 27.3 Å². The van der Waals surface area contributed by atoms with Gasteiger partial charge < -0.3 is 26.0 Å². The maximum atomic E-state index is 13.8. The monoisotopic (exact) mass is 652 g/mol. The van der Waals surface area contributed by atoms with Gasteiger partial charge in [-0.05, 0) is 74.8 Å². The van der Waals surface area contributed by atoms with E-state index in [9.17, 15) is 14.4 Å². The van der Waals surface area contributed by atoms with Gasteiger partial charge >= 0.3 is 6.03 Å². The highest BCUT2D eigenvalue weighted by Crippen LogP contribution is 2.67. The first-order valence-electron chi connectivity index (χ1n) is 17.7. The molecule has 8 aliphatic rings. The van der Waals surface area contributed by atoms with Gasteiger partial charge in [0.05, 0.1) is 17.5 Å². The van der Waals surface area contributed by atoms with E-state index in [1.54, 1.807) is 0 Å². The molecule has 4 amide bonds. The first-order chi connectivity index (χ1) is 22.3. The summed E-state index contributed by atoms with van der Waals surface area (Å²) in [6.45, 7) is 0.949. The molecule has 2 spiro atoms. The summed E-state index contributed by atoms with van der Waals surface area (Å²) in [5.74, 6) is 0.838. The molecule has 0 radical (unpaired) electrons. The van der Waals surface area contributed by atoms with Gasteiger partial charge in [0.2, 0.25) is 23.4 Å². The van der Waals surface area contributed by atoms with Gasteiger partial charge in [0.1, 0.15) is 0 Å². The quantitative estimate of drug-likeness (QED) is 0.162. The molecule has 250 valence electrons. The number of benzene rings is 1. The highest BCUT2D eigenvalue weighted by molar-refractivity contribution is 8.00. The summed E-state index contributed by atoms with van der Waals surface area (Å²) in [5.41, 5.74) is 1.71. The molecule has 4 N–H and O–H groups in total. The lowest BCUT2D eigenvalue weighted by molar-refractivity contribution is -0.393. The molecule has 3 heterocycles. The summed E-state index contributed by atoms with van der Waals surface area (Å²) >= 11 is 1.91. The topological polar surface area (TPSA) is 127 Å². The van der Waals surface area contributed by atoms with Crippen LogP contribution in [0.1, 0.15) is 101 Å². The van der Waals surface area contributed by atoms with Gasteiger partial charge in [0.25, 0.3) is 0 Å². The number of nitrogens with one attached hydrogen (secondary N) is 4. The molecular formula is C35H48N4O6S. The van der Waals surface area contributed by atoms with Gasteiger partial charge in [-0.3, -0.25) is 9.59 Å². The maximum absolute atomic E-state index is 13.8. The zero-order valence-corrected chi connectivity index (χ0v) is 27.5. The fourth-order valence-electron chi connectivity index (χ4n) is 10.0. The third-order valence-corrected chi connectivity index (χ3v) is 13.6. The normalized spacial score (nSPS) is 38.1. The van der Waals surface area contributed by atoms with Crippen LogP contribution in [0.4, 0.5) is 4.79 Å². The zero-order chi connectivity index (χ0) is 31.4. The van der Waals surface area contributed by atoms with Crippen LogP contribution in [-0.2, 0) is 37.2 Å². The molecule has 1 aromatic rings. The van der Waals surface area contributed by atoms with Crippen LogP contribution in [-0.4, -0.2) is 52.5 Å². The van der Waals surface area contributed by atoms with E-state index in [0.29, 0.717) is 30.7 Å². The third kappa shape index (κ3) is 5.73. The van der Waals surface area contributed by atoms with Crippen molar-refractivity contribution in [2.24, 2.45) is 23.2 Å². The Bertz CT molecular complexity index is 1340. The Morgan fingerprint density at radius 3 is 2.48 bits per heavy atom. The number of rotatable bonds is 10. The Balaban J connectivity index is 0.795. The smallest absolute Gasteiger partial charge is 0.315 e. The maximum Gasteiger partial charge on any atom is 0.315 e. The molecule has 5 saturated carbocycles. The molecule has 46 heavy (non-hydrogen) atoms. The largest absolute Gasteiger partial charge is 0.352 e. The predicted molar refractivity (Wildman–Crippen MR) is 172 cm³/mol. The van der Waals surface area contributed by atoms with Crippen LogP contribution in [0.15, 0.2) is 24.3 Å². The lowest BCUT2D eigenvalue weighted by Gasteiger charge is -2.61. The molecule has 5 aliphatic carbocycles. The molecule has 8 fully saturated rings. The van der Waals surface area contributed by atoms with Crippen molar-refractivity contribution in [2.75, 3.05) is 5.75 Å². The molecule has 10 nitrogen and oxygen atoms in total. The molecule has 9 rings (SSSR count). The van der Waals surface area contributed by atoms with E-state index in [0.717, 1.165) is 93.9 Å². The van der Waals surface area contributed by atoms with E-state index in [1.807, 2.05) is 30.0 Å². The lowest BCUT2D eigenvalue weighted by Crippen LogP contribution is -2.65. The average Bonchev–Trinajstić information content (AvgIpc) is 3.73. The van der Waals surface area contributed by atoms with Crippen molar-refractivity contribution >= 4 is 29.6 Å². The zero-order valence-electron chi connectivity index (χ0n) is 26.7. The molecule has 11 heteroatoms. The molecular weight excluding hydrogens is 604 g/mol. The van der Waals surface area contributed by atoms with Gasteiger partial charge in [-0.25, -0.2) is 4.79 Å². The Labute approximate surface area is 275 Å². The number of ether oxygens (including phenoxy) is 1. The van der Waals surface area contributed by atoms with Crippen LogP contribution >= 0.6 is 11.8 Å². The third-order valence-electron chi connectivity index (χ3n) is 12.1. The fourth-order valence-corrected chi connectivity index (χ4v) is 11.6. The fraction of sp³-hybridized carbons (Fsp3) is 0.743. The van der Waals surface area contributed by atoms with Gasteiger partial charge in [-0.1, -0.05) is 37.1 Å². The number of carbonyl (C=O) groups excluding carboxylic acids is 3. The Morgan fingerprint density at radius 2 is 1.70 bits per heavy atom. The Hall–Kier alpha value is -2.34. The summed E-state index contributed by atoms with van der Waals surface area (Å²) in [4.78, 5) is 50.2. The number of fused-ring (bicyclic) bond motifs is 1. The van der Waals surface area contributed by atoms with Crippen molar-refractivity contribution in [1.29, 1.82) is 0 Å². The van der Waals surface area contributed by atoms with Crippen molar-refractivity contribution in [1.82, 2.24) is 21.3 Å². The van der Waals surface area contributed by atoms with E-state index in [4.69, 9.17) is 14.5 Å². The van der Waals surface area contributed by atoms with E-state index >= 15 is 0 Å². The average molecular weight is 653 g/mol. The molecule has 3 saturated heterocycles. The van der Waals surface area contributed by atoms with Gasteiger partial charge in [-0.15, -0.1) is 0 Å². The molecule has 8 atom stereocenters. The van der Waals surface area contributed by atoms with Crippen LogP contribution in [0, 0.1) is 23.2 Å². The highest BCUT2D eigenvalue weighted by Gasteiger charge is 2.70. The van der Waals surface area contributed by atoms with Gasteiger partial charge in [-0.2, -0.15) is 21.5 Å². The number of urea groups is 1. The minimum atomic E-state index is -0.679. The second-order valence-corrected chi connectivity index (χ2v) is 16.5. The summed E-state index contributed by atoms with van der Waals surface area (Å²) in [6, 6.07) is 8.53. The van der Waals surface area contributed by atoms with Crippen LogP contribution in [0.3, 0.4) is 0 Å². The minimum absolute atomic E-state index is 0.0558. The first-order valence-corrected chi connectivity index (χ1v) is 18.8. The van der Waals surface area contributed by atoms with Crippen molar-refractivity contribution in [3.8, 4) is 0 Å². The summed E-state index contributed by atoms with van der Waals surface area (Å²) in [5, 5.41) is 12.8. The number of unbranched alkanes of at least 4 members (excludes halogenated alkanes) is 1. The van der Waals surface area contributed by atoms with Crippen LogP contribution < -0.4 is 21.3 Å². The summed E-state index contributed by atoms with van der Waals surface area (Å²) in [7, 11) is 0. The first kappa shape index (κ1) is 31.0. The molecule has 1 aromatic carbocycles. The number of hydrogen-bond donors (Lipinski definition) is 4. The SMILES string of the molecule is O=C(CCCC[C@@H]1SC[C@@H]2NC(=O)N[C@@H]21)NCc1cccc(CNC(=O)C23CC4C[C@H](C2)C2(OOC5(CCCCC5)O2)[C@@H](C4)C3)c1. The second kappa shape index (κ2) is 12.3. The van der Waals surface area contributed by atoms with Gasteiger partial charge in [0, 0.05) is 55.2 Å². The number of carbonyl (C=O) groups is 3. The lowest BCUT2D eigenvalue weighted by atomic mass is 9.47. The van der Waals surface area contributed by atoms with E-state index in [-0.39, 0.29) is 47.2 Å². The highest BCUT2D eigenvalue weighted by atomic mass is 32.2. The van der Waals surface area contributed by atoms with Crippen LogP contribution in [0.5, 0.6) is 0 Å². The predicted octanol–water partition coefficient (Wildman–Crippen LogP) is 4.81. The van der Waals surface area contributed by atoms with Crippen LogP contribution in [0.25, 0.3) is 0 Å². The summed E-state index contributed by atoms with van der Waals surface area (Å²) in [6.07, 6.45) is 13.2. The molecule has 0 aromatic heterocycles. The van der Waals surface area contributed by atoms with Gasteiger partial charge in [0.15, 0.2) is 0 Å². The Kier molecular flexibility index (Phi) is 8.26. The van der Waals surface area contributed by atoms with Crippen molar-refractivity contribution in [3.63, 3.8) is 0 Å². The standard InChI is InChI=1S/C35H48N4O6S/c40-29(10-3-2-9-28-30-27(21-46-28)38-32(42)39-30)36-19-22-7-6-8-23(13-22)20-37-31(41)33-16-24-14-25(17-33)35(26(15-24)18-33)43-34(44-45-35)11-4-1-5-12-34/h6-8,13,24-28,30H,1-5,9-12,14-21H2,(H,36,40)(H,37,41)(H2,38,39,42)/t24?,25-,26+,27-,28-,30-,33?,35?/m0/s1. The minimum Gasteiger partial charge on any atom is -0.352 e. The van der Waals surface area contributed by atoms with Crippen molar-refractivity contribution in [2.45, 2.75) is 132 Å². The number of amides is 4. The number of hydrogen-bond acceptors (Lipinski definition) is 7. The molecule has 3 aliphatic heterocycles. The van der Waals surface area contributed by atoms with Crippen molar-refractivity contribution < 1.29 is 28.9 Å². The van der Waals surface area contributed by atoms with Crippen LogP contribution in [0.2, 0.25) is 0 Å². The molecule has 3 unspecified atom stereocenters. The molecule has 4 bridgehead atoms.